The fourth-order valence-electron chi connectivity index (χ4n) is 2.90. The van der Waals surface area contributed by atoms with E-state index in [4.69, 9.17) is 0 Å². The van der Waals surface area contributed by atoms with E-state index in [0.717, 1.165) is 27.1 Å². The number of hydrogen-bond acceptors (Lipinski definition) is 3. The van der Waals surface area contributed by atoms with Crippen molar-refractivity contribution in [3.8, 4) is 0 Å². The van der Waals surface area contributed by atoms with Gasteiger partial charge in [0.05, 0.1) is 34.6 Å². The molecule has 1 amide bonds. The summed E-state index contributed by atoms with van der Waals surface area (Å²) in [6.07, 6.45) is 1.74. The first kappa shape index (κ1) is 18.4. The maximum absolute atomic E-state index is 12.8. The largest absolute Gasteiger partial charge is 0.336 e. The van der Waals surface area contributed by atoms with E-state index in [9.17, 15) is 4.79 Å². The number of aromatic nitrogens is 4. The average molecular weight is 416 g/mol. The van der Waals surface area contributed by atoms with Gasteiger partial charge in [-0.3, -0.25) is 14.2 Å². The molecule has 0 spiro atoms. The van der Waals surface area contributed by atoms with Gasteiger partial charge in [-0.15, -0.1) is 0 Å². The zero-order valence-corrected chi connectivity index (χ0v) is 17.0. The molecule has 0 aliphatic heterocycles. The number of rotatable bonds is 5. The van der Waals surface area contributed by atoms with E-state index < -0.39 is 0 Å². The lowest BCUT2D eigenvalue weighted by Gasteiger charge is -2.18. The minimum atomic E-state index is -0.0115. The predicted molar refractivity (Wildman–Crippen MR) is 104 cm³/mol. The normalized spacial score (nSPS) is 11.0. The summed E-state index contributed by atoms with van der Waals surface area (Å²) in [4.78, 5) is 14.5. The van der Waals surface area contributed by atoms with Gasteiger partial charge >= 0.3 is 0 Å². The van der Waals surface area contributed by atoms with E-state index in [1.54, 1.807) is 22.8 Å². The van der Waals surface area contributed by atoms with Crippen LogP contribution in [0.25, 0.3) is 0 Å². The Kier molecular flexibility index (Phi) is 5.27. The van der Waals surface area contributed by atoms with Crippen LogP contribution in [0.15, 0.2) is 41.0 Å². The summed E-state index contributed by atoms with van der Waals surface area (Å²) in [7, 11) is 3.68. The minimum absolute atomic E-state index is 0.0115. The van der Waals surface area contributed by atoms with Crippen LogP contribution >= 0.6 is 15.9 Å². The second-order valence-electron chi connectivity index (χ2n) is 6.45. The molecular formula is C19H22BrN5O. The molecule has 2 heterocycles. The van der Waals surface area contributed by atoms with E-state index in [1.165, 1.54) is 0 Å². The summed E-state index contributed by atoms with van der Waals surface area (Å²) < 4.78 is 4.75. The average Bonchev–Trinajstić information content (AvgIpc) is 3.13. The molecule has 26 heavy (non-hydrogen) atoms. The number of carbonyl (C=O) groups is 1. The fraction of sp³-hybridized carbons (Fsp3) is 0.316. The molecule has 0 radical (unpaired) electrons. The molecule has 0 saturated heterocycles. The van der Waals surface area contributed by atoms with Crippen molar-refractivity contribution in [2.45, 2.75) is 26.9 Å². The molecule has 1 aromatic carbocycles. The molecule has 6 nitrogen and oxygen atoms in total. The molecule has 0 saturated carbocycles. The highest BCUT2D eigenvalue weighted by Gasteiger charge is 2.15. The van der Waals surface area contributed by atoms with Crippen molar-refractivity contribution < 1.29 is 4.79 Å². The van der Waals surface area contributed by atoms with Gasteiger partial charge in [-0.25, -0.2) is 0 Å². The number of hydrogen-bond donors (Lipinski definition) is 0. The smallest absolute Gasteiger partial charge is 0.253 e. The Morgan fingerprint density at radius 2 is 2.04 bits per heavy atom. The van der Waals surface area contributed by atoms with Crippen molar-refractivity contribution in [3.63, 3.8) is 0 Å². The molecule has 0 atom stereocenters. The molecule has 2 aromatic heterocycles. The van der Waals surface area contributed by atoms with Crippen molar-refractivity contribution >= 4 is 21.8 Å². The van der Waals surface area contributed by atoms with Crippen LogP contribution in [0, 0.1) is 13.8 Å². The first-order valence-corrected chi connectivity index (χ1v) is 9.17. The summed E-state index contributed by atoms with van der Waals surface area (Å²) in [6.45, 7) is 5.15. The quantitative estimate of drug-likeness (QED) is 0.641. The second-order valence-corrected chi connectivity index (χ2v) is 7.24. The molecule has 3 aromatic rings. The van der Waals surface area contributed by atoms with Crippen LogP contribution in [-0.4, -0.2) is 37.4 Å². The van der Waals surface area contributed by atoms with Crippen molar-refractivity contribution in [2.24, 2.45) is 7.05 Å². The van der Waals surface area contributed by atoms with Crippen LogP contribution < -0.4 is 0 Å². The number of benzene rings is 1. The van der Waals surface area contributed by atoms with E-state index in [2.05, 4.69) is 26.1 Å². The van der Waals surface area contributed by atoms with Gasteiger partial charge in [-0.1, -0.05) is 12.1 Å². The lowest BCUT2D eigenvalue weighted by molar-refractivity contribution is 0.0782. The van der Waals surface area contributed by atoms with Crippen LogP contribution in [0.1, 0.15) is 33.0 Å². The molecule has 0 fully saturated rings. The van der Waals surface area contributed by atoms with E-state index >= 15 is 0 Å². The van der Waals surface area contributed by atoms with Crippen LogP contribution in [0.5, 0.6) is 0 Å². The summed E-state index contributed by atoms with van der Waals surface area (Å²) in [5.41, 5.74) is 4.75. The zero-order chi connectivity index (χ0) is 18.8. The zero-order valence-electron chi connectivity index (χ0n) is 15.4. The molecule has 136 valence electrons. The van der Waals surface area contributed by atoms with Crippen molar-refractivity contribution in [2.75, 3.05) is 7.05 Å². The minimum Gasteiger partial charge on any atom is -0.336 e. The topological polar surface area (TPSA) is 56.0 Å². The van der Waals surface area contributed by atoms with Crippen LogP contribution in [-0.2, 0) is 20.1 Å². The van der Waals surface area contributed by atoms with Gasteiger partial charge in [0.2, 0.25) is 0 Å². The standard InChI is InChI=1S/C19H22BrN5O/c1-13-18(20)14(2)25(22-13)11-15-6-5-7-16(10-15)19(26)23(3)12-17-8-9-21-24(17)4/h5-10H,11-12H2,1-4H3. The van der Waals surface area contributed by atoms with Gasteiger partial charge < -0.3 is 4.90 Å². The third kappa shape index (κ3) is 3.72. The number of halogens is 1. The number of carbonyl (C=O) groups excluding carboxylic acids is 1. The first-order valence-electron chi connectivity index (χ1n) is 8.37. The summed E-state index contributed by atoms with van der Waals surface area (Å²) >= 11 is 3.55. The molecule has 0 bridgehead atoms. The van der Waals surface area contributed by atoms with E-state index in [1.807, 2.05) is 55.9 Å². The maximum Gasteiger partial charge on any atom is 0.253 e. The highest BCUT2D eigenvalue weighted by atomic mass is 79.9. The lowest BCUT2D eigenvalue weighted by atomic mass is 10.1. The molecule has 0 N–H and O–H groups in total. The summed E-state index contributed by atoms with van der Waals surface area (Å²) in [6, 6.07) is 9.64. The molecule has 0 unspecified atom stereocenters. The SMILES string of the molecule is Cc1nn(Cc2cccc(C(=O)N(C)Cc3ccnn3C)c2)c(C)c1Br. The molecule has 0 aliphatic rings. The van der Waals surface area contributed by atoms with Gasteiger partial charge in [0.1, 0.15) is 0 Å². The predicted octanol–water partition coefficient (Wildman–Crippen LogP) is 3.32. The van der Waals surface area contributed by atoms with Crippen molar-refractivity contribution in [1.29, 1.82) is 0 Å². The Morgan fingerprint density at radius 3 is 2.65 bits per heavy atom. The van der Waals surface area contributed by atoms with E-state index in [-0.39, 0.29) is 5.91 Å². The maximum atomic E-state index is 12.8. The highest BCUT2D eigenvalue weighted by molar-refractivity contribution is 9.10. The van der Waals surface area contributed by atoms with Crippen LogP contribution in [0.3, 0.4) is 0 Å². The Morgan fingerprint density at radius 1 is 1.27 bits per heavy atom. The van der Waals surface area contributed by atoms with Crippen molar-refractivity contribution in [1.82, 2.24) is 24.5 Å². The van der Waals surface area contributed by atoms with E-state index in [0.29, 0.717) is 18.7 Å². The number of nitrogens with zero attached hydrogens (tertiary/aromatic N) is 5. The van der Waals surface area contributed by atoms with Gasteiger partial charge in [0, 0.05) is 25.9 Å². The Bertz CT molecular complexity index is 943. The van der Waals surface area contributed by atoms with Crippen LogP contribution in [0.2, 0.25) is 0 Å². The summed E-state index contributed by atoms with van der Waals surface area (Å²) in [5, 5.41) is 8.68. The molecular weight excluding hydrogens is 394 g/mol. The Hall–Kier alpha value is -2.41. The van der Waals surface area contributed by atoms with Crippen molar-refractivity contribution in [3.05, 3.63) is 69.2 Å². The Labute approximate surface area is 161 Å². The lowest BCUT2D eigenvalue weighted by Crippen LogP contribution is -2.27. The number of aryl methyl sites for hydroxylation is 2. The van der Waals surface area contributed by atoms with Gasteiger partial charge in [-0.2, -0.15) is 10.2 Å². The monoisotopic (exact) mass is 415 g/mol. The second kappa shape index (κ2) is 7.45. The van der Waals surface area contributed by atoms with Crippen LogP contribution in [0.4, 0.5) is 0 Å². The first-order chi connectivity index (χ1) is 12.4. The molecule has 3 rings (SSSR count). The molecule has 0 aliphatic carbocycles. The fourth-order valence-corrected chi connectivity index (χ4v) is 3.18. The van der Waals surface area contributed by atoms with Gasteiger partial charge in [0.25, 0.3) is 5.91 Å². The highest BCUT2D eigenvalue weighted by Crippen LogP contribution is 2.21. The Balaban J connectivity index is 1.76. The van der Waals surface area contributed by atoms with Gasteiger partial charge in [-0.05, 0) is 53.5 Å². The van der Waals surface area contributed by atoms with Gasteiger partial charge in [0.15, 0.2) is 0 Å². The number of amides is 1. The third-order valence-corrected chi connectivity index (χ3v) is 5.62. The third-order valence-electron chi connectivity index (χ3n) is 4.47. The molecule has 7 heteroatoms. The summed E-state index contributed by atoms with van der Waals surface area (Å²) in [5.74, 6) is -0.0115.